The molecule has 3 aromatic rings. The van der Waals surface area contributed by atoms with Gasteiger partial charge in [-0.2, -0.15) is 4.98 Å². The van der Waals surface area contributed by atoms with Gasteiger partial charge in [0.1, 0.15) is 0 Å². The molecular weight excluding hydrogens is 394 g/mol. The number of hydrogen-bond donors (Lipinski definition) is 0. The van der Waals surface area contributed by atoms with Crippen LogP contribution in [-0.2, 0) is 4.79 Å². The second kappa shape index (κ2) is 7.47. The van der Waals surface area contributed by atoms with E-state index >= 15 is 0 Å². The van der Waals surface area contributed by atoms with Crippen LogP contribution >= 0.6 is 11.8 Å². The van der Waals surface area contributed by atoms with E-state index in [1.165, 1.54) is 35.7 Å². The van der Waals surface area contributed by atoms with Crippen molar-refractivity contribution in [2.24, 2.45) is 0 Å². The summed E-state index contributed by atoms with van der Waals surface area (Å²) in [5.41, 5.74) is 1.94. The van der Waals surface area contributed by atoms with Crippen LogP contribution in [0.5, 0.6) is 5.88 Å². The number of amides is 1. The third-order valence-corrected chi connectivity index (χ3v) is 4.94. The summed E-state index contributed by atoms with van der Waals surface area (Å²) in [5, 5.41) is 20.0. The summed E-state index contributed by atoms with van der Waals surface area (Å²) in [6, 6.07) is 13.2. The lowest BCUT2D eigenvalue weighted by Crippen LogP contribution is -2.36. The number of aromatic nitrogens is 3. The highest BCUT2D eigenvalue weighted by Crippen LogP contribution is 2.43. The van der Waals surface area contributed by atoms with E-state index < -0.39 is 11.2 Å². The Kier molecular flexibility index (Phi) is 4.85. The monoisotopic (exact) mass is 409 g/mol. The Labute approximate surface area is 169 Å². The number of para-hydroxylation sites is 1. The lowest BCUT2D eigenvalue weighted by atomic mass is 10.1. The van der Waals surface area contributed by atoms with Gasteiger partial charge in [-0.15, -0.1) is 10.2 Å². The van der Waals surface area contributed by atoms with Crippen LogP contribution in [0.25, 0.3) is 11.3 Å². The summed E-state index contributed by atoms with van der Waals surface area (Å²) in [4.78, 5) is 29.3. The molecule has 1 aliphatic rings. The van der Waals surface area contributed by atoms with E-state index in [9.17, 15) is 14.9 Å². The van der Waals surface area contributed by atoms with Crippen molar-refractivity contribution in [3.63, 3.8) is 0 Å². The Hall–Kier alpha value is -3.53. The van der Waals surface area contributed by atoms with Gasteiger partial charge in [-0.25, -0.2) is 0 Å². The first-order valence-electron chi connectivity index (χ1n) is 8.58. The molecule has 29 heavy (non-hydrogen) atoms. The van der Waals surface area contributed by atoms with E-state index in [1.807, 2.05) is 12.3 Å². The number of non-ortho nitro benzene ring substituents is 1. The number of benzene rings is 2. The van der Waals surface area contributed by atoms with Crippen LogP contribution in [0, 0.1) is 10.1 Å². The van der Waals surface area contributed by atoms with Gasteiger partial charge in [0.05, 0.1) is 10.6 Å². The first-order valence-corrected chi connectivity index (χ1v) is 9.81. The molecule has 0 spiro atoms. The number of carbonyl (C=O) groups is 1. The number of nitrogens with zero attached hydrogens (tertiary/aromatic N) is 5. The van der Waals surface area contributed by atoms with Crippen LogP contribution in [0.3, 0.4) is 0 Å². The quantitative estimate of drug-likeness (QED) is 0.366. The van der Waals surface area contributed by atoms with Gasteiger partial charge in [-0.05, 0) is 12.3 Å². The zero-order valence-corrected chi connectivity index (χ0v) is 16.3. The molecule has 9 nitrogen and oxygen atoms in total. The van der Waals surface area contributed by atoms with Crippen molar-refractivity contribution in [2.45, 2.75) is 18.3 Å². The predicted octanol–water partition coefficient (Wildman–Crippen LogP) is 3.61. The molecule has 1 aromatic heterocycles. The number of nitro groups is 1. The molecule has 0 saturated heterocycles. The maximum atomic E-state index is 12.6. The first-order chi connectivity index (χ1) is 14.0. The number of carbonyl (C=O) groups excluding carboxylic acids is 1. The normalized spacial score (nSPS) is 15.0. The maximum Gasteiger partial charge on any atom is 0.269 e. The molecule has 1 amide bonds. The van der Waals surface area contributed by atoms with Gasteiger partial charge in [-0.1, -0.05) is 42.1 Å². The highest BCUT2D eigenvalue weighted by molar-refractivity contribution is 7.98. The summed E-state index contributed by atoms with van der Waals surface area (Å²) in [6.45, 7) is 1.41. The minimum Gasteiger partial charge on any atom is -0.447 e. The van der Waals surface area contributed by atoms with E-state index in [4.69, 9.17) is 4.74 Å². The van der Waals surface area contributed by atoms with Gasteiger partial charge < -0.3 is 4.74 Å². The fourth-order valence-corrected chi connectivity index (χ4v) is 3.44. The fourth-order valence-electron chi connectivity index (χ4n) is 3.15. The van der Waals surface area contributed by atoms with E-state index in [1.54, 1.807) is 30.3 Å². The molecule has 0 saturated carbocycles. The van der Waals surface area contributed by atoms with Crippen molar-refractivity contribution < 1.29 is 14.5 Å². The number of ether oxygens (including phenoxy) is 1. The molecule has 2 heterocycles. The molecule has 1 unspecified atom stereocenters. The average Bonchev–Trinajstić information content (AvgIpc) is 2.87. The second-order valence-corrected chi connectivity index (χ2v) is 6.95. The van der Waals surface area contributed by atoms with Crippen LogP contribution in [0.1, 0.15) is 18.7 Å². The van der Waals surface area contributed by atoms with E-state index in [0.717, 1.165) is 0 Å². The Bertz CT molecular complexity index is 1120. The molecule has 146 valence electrons. The molecule has 4 rings (SSSR count). The SMILES string of the molecule is CSc1nnc2c(n1)OC(c1cccc([N+](=O)[O-])c1)N(C(C)=O)c1ccccc1-2. The van der Waals surface area contributed by atoms with Crippen LogP contribution in [0.2, 0.25) is 0 Å². The van der Waals surface area contributed by atoms with E-state index in [2.05, 4.69) is 15.2 Å². The van der Waals surface area contributed by atoms with Crippen molar-refractivity contribution in [3.05, 3.63) is 64.2 Å². The Morgan fingerprint density at radius 3 is 2.72 bits per heavy atom. The van der Waals surface area contributed by atoms with Crippen LogP contribution < -0.4 is 9.64 Å². The summed E-state index contributed by atoms with van der Waals surface area (Å²) in [7, 11) is 0. The first kappa shape index (κ1) is 18.8. The lowest BCUT2D eigenvalue weighted by Gasteiger charge is -2.29. The zero-order chi connectivity index (χ0) is 20.5. The minimum atomic E-state index is -0.957. The van der Waals surface area contributed by atoms with Gasteiger partial charge in [-0.3, -0.25) is 19.8 Å². The van der Waals surface area contributed by atoms with Crippen LogP contribution in [-0.4, -0.2) is 32.3 Å². The van der Waals surface area contributed by atoms with Gasteiger partial charge in [0.15, 0.2) is 5.69 Å². The highest BCUT2D eigenvalue weighted by Gasteiger charge is 2.35. The van der Waals surface area contributed by atoms with Gasteiger partial charge in [0, 0.05) is 30.2 Å². The number of thioether (sulfide) groups is 1. The van der Waals surface area contributed by atoms with Gasteiger partial charge in [0.25, 0.3) is 5.69 Å². The van der Waals surface area contributed by atoms with Crippen molar-refractivity contribution >= 4 is 29.0 Å². The molecule has 10 heteroatoms. The third-order valence-electron chi connectivity index (χ3n) is 4.40. The molecule has 2 aromatic carbocycles. The number of anilines is 1. The largest absolute Gasteiger partial charge is 0.447 e. The number of fused-ring (bicyclic) bond motifs is 3. The molecule has 0 radical (unpaired) electrons. The summed E-state index contributed by atoms with van der Waals surface area (Å²) in [5.74, 6) is -0.0862. The number of hydrogen-bond acceptors (Lipinski definition) is 8. The standard InChI is InChI=1S/C19H15N5O4S/c1-11(25)23-15-9-4-3-8-14(15)16-17(20-19(29-2)22-21-16)28-18(23)12-6-5-7-13(10-12)24(26)27/h3-10,18H,1-2H3. The topological polar surface area (TPSA) is 111 Å². The van der Waals surface area contributed by atoms with Crippen molar-refractivity contribution in [1.82, 2.24) is 15.2 Å². The average molecular weight is 409 g/mol. The Morgan fingerprint density at radius 2 is 2.00 bits per heavy atom. The van der Waals surface area contributed by atoms with Crippen LogP contribution in [0.15, 0.2) is 53.7 Å². The van der Waals surface area contributed by atoms with E-state index in [-0.39, 0.29) is 17.5 Å². The molecule has 0 bridgehead atoms. The predicted molar refractivity (Wildman–Crippen MR) is 107 cm³/mol. The molecule has 0 fully saturated rings. The zero-order valence-electron chi connectivity index (χ0n) is 15.5. The maximum absolute atomic E-state index is 12.6. The Balaban J connectivity index is 1.96. The van der Waals surface area contributed by atoms with Gasteiger partial charge >= 0.3 is 0 Å². The second-order valence-electron chi connectivity index (χ2n) is 6.18. The minimum absolute atomic E-state index is 0.0991. The smallest absolute Gasteiger partial charge is 0.269 e. The van der Waals surface area contributed by atoms with Crippen molar-refractivity contribution in [2.75, 3.05) is 11.2 Å². The highest BCUT2D eigenvalue weighted by atomic mass is 32.2. The number of rotatable bonds is 3. The number of nitro benzene ring substituents is 1. The molecular formula is C19H15N5O4S. The molecule has 1 atom stereocenters. The lowest BCUT2D eigenvalue weighted by molar-refractivity contribution is -0.385. The molecule has 1 aliphatic heterocycles. The molecule has 0 N–H and O–H groups in total. The summed E-state index contributed by atoms with van der Waals surface area (Å²) < 4.78 is 6.13. The summed E-state index contributed by atoms with van der Waals surface area (Å²) in [6.07, 6.45) is 0.856. The summed E-state index contributed by atoms with van der Waals surface area (Å²) >= 11 is 1.31. The van der Waals surface area contributed by atoms with Crippen molar-refractivity contribution in [3.8, 4) is 17.1 Å². The van der Waals surface area contributed by atoms with Crippen LogP contribution in [0.4, 0.5) is 11.4 Å². The molecule has 0 aliphatic carbocycles. The Morgan fingerprint density at radius 1 is 1.21 bits per heavy atom. The van der Waals surface area contributed by atoms with Crippen molar-refractivity contribution in [1.29, 1.82) is 0 Å². The van der Waals surface area contributed by atoms with E-state index in [0.29, 0.717) is 27.7 Å². The fraction of sp³-hybridized carbons (Fsp3) is 0.158. The van der Waals surface area contributed by atoms with Gasteiger partial charge in [0.2, 0.25) is 23.2 Å². The third kappa shape index (κ3) is 3.38.